The largest absolute Gasteiger partial charge is 0.468 e. The number of carbonyl (C=O) groups excluding carboxylic acids is 2. The molecule has 0 unspecified atom stereocenters. The van der Waals surface area contributed by atoms with E-state index in [1.807, 2.05) is 0 Å². The Morgan fingerprint density at radius 2 is 1.53 bits per heavy atom. The highest BCUT2D eigenvalue weighted by Gasteiger charge is 2.29. The number of esters is 2. The number of sulfone groups is 1. The topological polar surface area (TPSA) is 86.7 Å². The highest BCUT2D eigenvalue weighted by molar-refractivity contribution is 7.91. The number of ether oxygens (including phenoxy) is 2. The molecule has 0 fully saturated rings. The average Bonchev–Trinajstić information content (AvgIpc) is 2.28. The van der Waals surface area contributed by atoms with Gasteiger partial charge >= 0.3 is 11.9 Å². The van der Waals surface area contributed by atoms with E-state index < -0.39 is 27.7 Å². The van der Waals surface area contributed by atoms with E-state index in [0.717, 1.165) is 14.2 Å². The smallest absolute Gasteiger partial charge is 0.320 e. The molecular weight excluding hydrogens is 248 g/mol. The zero-order valence-corrected chi connectivity index (χ0v) is 11.1. The molecular formula is C10H18O6S. The molecule has 0 aliphatic carbocycles. The third-order valence-electron chi connectivity index (χ3n) is 2.20. The second-order valence-corrected chi connectivity index (χ2v) is 5.84. The first-order chi connectivity index (χ1) is 7.87. The molecule has 0 amide bonds. The summed E-state index contributed by atoms with van der Waals surface area (Å²) in [6.45, 7) is 1.75. The predicted octanol–water partition coefficient (Wildman–Crippen LogP) is 0.163. The minimum Gasteiger partial charge on any atom is -0.468 e. The third kappa shape index (κ3) is 5.67. The monoisotopic (exact) mass is 266 g/mol. The van der Waals surface area contributed by atoms with E-state index in [0.29, 0.717) is 6.42 Å². The van der Waals surface area contributed by atoms with Crippen LogP contribution in [0.1, 0.15) is 19.8 Å². The molecule has 0 aliphatic heterocycles. The van der Waals surface area contributed by atoms with Gasteiger partial charge in [-0.2, -0.15) is 0 Å². The average molecular weight is 266 g/mol. The van der Waals surface area contributed by atoms with Crippen molar-refractivity contribution < 1.29 is 27.5 Å². The molecule has 0 aromatic heterocycles. The van der Waals surface area contributed by atoms with E-state index in [2.05, 4.69) is 9.47 Å². The second-order valence-electron chi connectivity index (χ2n) is 3.54. The van der Waals surface area contributed by atoms with Crippen LogP contribution >= 0.6 is 0 Å². The minimum absolute atomic E-state index is 0.0437. The Balaban J connectivity index is 4.57. The van der Waals surface area contributed by atoms with Crippen LogP contribution in [0.2, 0.25) is 0 Å². The first-order valence-electron chi connectivity index (χ1n) is 5.24. The van der Waals surface area contributed by atoms with Crippen LogP contribution in [0.15, 0.2) is 0 Å². The van der Waals surface area contributed by atoms with E-state index in [4.69, 9.17) is 0 Å². The third-order valence-corrected chi connectivity index (χ3v) is 4.09. The fourth-order valence-corrected chi connectivity index (χ4v) is 2.75. The standard InChI is InChI=1S/C10H18O6S/c1-4-6-17(13,14)7-5-8(9(11)15-2)10(12)16-3/h8H,4-7H2,1-3H3. The van der Waals surface area contributed by atoms with Crippen molar-refractivity contribution in [3.8, 4) is 0 Å². The molecule has 0 N–H and O–H groups in total. The van der Waals surface area contributed by atoms with Crippen LogP contribution in [0.25, 0.3) is 0 Å². The lowest BCUT2D eigenvalue weighted by Gasteiger charge is -2.12. The van der Waals surface area contributed by atoms with Crippen LogP contribution in [0, 0.1) is 5.92 Å². The quantitative estimate of drug-likeness (QED) is 0.482. The van der Waals surface area contributed by atoms with Gasteiger partial charge in [0.15, 0.2) is 5.92 Å². The normalized spacial score (nSPS) is 11.3. The Morgan fingerprint density at radius 1 is 1.06 bits per heavy atom. The van der Waals surface area contributed by atoms with Gasteiger partial charge in [-0.05, 0) is 12.8 Å². The number of hydrogen-bond donors (Lipinski definition) is 0. The number of carbonyl (C=O) groups is 2. The van der Waals surface area contributed by atoms with Gasteiger partial charge in [0.2, 0.25) is 0 Å². The van der Waals surface area contributed by atoms with Crippen LogP contribution in [-0.4, -0.2) is 46.1 Å². The summed E-state index contributed by atoms with van der Waals surface area (Å²) in [6.07, 6.45) is 0.394. The maximum absolute atomic E-state index is 11.5. The van der Waals surface area contributed by atoms with Crippen LogP contribution in [0.5, 0.6) is 0 Å². The zero-order chi connectivity index (χ0) is 13.5. The summed E-state index contributed by atoms with van der Waals surface area (Å²) < 4.78 is 31.8. The zero-order valence-electron chi connectivity index (χ0n) is 10.3. The van der Waals surface area contributed by atoms with E-state index in [-0.39, 0.29) is 17.9 Å². The molecule has 0 saturated carbocycles. The highest BCUT2D eigenvalue weighted by Crippen LogP contribution is 2.10. The van der Waals surface area contributed by atoms with E-state index in [1.54, 1.807) is 6.92 Å². The molecule has 0 spiro atoms. The van der Waals surface area contributed by atoms with Gasteiger partial charge in [-0.15, -0.1) is 0 Å². The summed E-state index contributed by atoms with van der Waals surface area (Å²) in [6, 6.07) is 0. The summed E-state index contributed by atoms with van der Waals surface area (Å²) in [5.41, 5.74) is 0. The van der Waals surface area contributed by atoms with Gasteiger partial charge in [0, 0.05) is 5.75 Å². The molecule has 0 aliphatic rings. The molecule has 0 radical (unpaired) electrons. The van der Waals surface area contributed by atoms with Gasteiger partial charge < -0.3 is 9.47 Å². The van der Waals surface area contributed by atoms with E-state index in [1.165, 1.54) is 0 Å². The van der Waals surface area contributed by atoms with Gasteiger partial charge in [-0.25, -0.2) is 8.42 Å². The maximum atomic E-state index is 11.5. The number of methoxy groups -OCH3 is 2. The van der Waals surface area contributed by atoms with Gasteiger partial charge in [0.05, 0.1) is 20.0 Å². The van der Waals surface area contributed by atoms with Crippen LogP contribution < -0.4 is 0 Å². The molecule has 0 rings (SSSR count). The SMILES string of the molecule is CCCS(=O)(=O)CCC(C(=O)OC)C(=O)OC. The molecule has 17 heavy (non-hydrogen) atoms. The van der Waals surface area contributed by atoms with Crippen molar-refractivity contribution in [2.45, 2.75) is 19.8 Å². The van der Waals surface area contributed by atoms with Crippen molar-refractivity contribution >= 4 is 21.8 Å². The summed E-state index contributed by atoms with van der Waals surface area (Å²) in [5, 5.41) is 0. The molecule has 0 bridgehead atoms. The first kappa shape index (κ1) is 15.9. The van der Waals surface area contributed by atoms with E-state index >= 15 is 0 Å². The Labute approximate surface area is 101 Å². The maximum Gasteiger partial charge on any atom is 0.320 e. The van der Waals surface area contributed by atoms with Crippen LogP contribution in [0.3, 0.4) is 0 Å². The van der Waals surface area contributed by atoms with Gasteiger partial charge in [-0.1, -0.05) is 6.92 Å². The summed E-state index contributed by atoms with van der Waals surface area (Å²) in [5.74, 6) is -2.90. The number of hydrogen-bond acceptors (Lipinski definition) is 6. The minimum atomic E-state index is -3.23. The fraction of sp³-hybridized carbons (Fsp3) is 0.800. The van der Waals surface area contributed by atoms with Gasteiger partial charge in [0.1, 0.15) is 9.84 Å². The number of rotatable bonds is 7. The van der Waals surface area contributed by atoms with Crippen molar-refractivity contribution in [1.82, 2.24) is 0 Å². The summed E-state index contributed by atoms with van der Waals surface area (Å²) in [4.78, 5) is 22.5. The van der Waals surface area contributed by atoms with Crippen LogP contribution in [0.4, 0.5) is 0 Å². The molecule has 0 saturated heterocycles. The lowest BCUT2D eigenvalue weighted by molar-refractivity contribution is -0.158. The summed E-state index contributed by atoms with van der Waals surface area (Å²) >= 11 is 0. The van der Waals surface area contributed by atoms with Crippen molar-refractivity contribution in [2.24, 2.45) is 5.92 Å². The van der Waals surface area contributed by atoms with E-state index in [9.17, 15) is 18.0 Å². The van der Waals surface area contributed by atoms with Crippen molar-refractivity contribution in [3.63, 3.8) is 0 Å². The molecule has 0 atom stereocenters. The Hall–Kier alpha value is -1.11. The lowest BCUT2D eigenvalue weighted by Crippen LogP contribution is -2.29. The van der Waals surface area contributed by atoms with Gasteiger partial charge in [-0.3, -0.25) is 9.59 Å². The van der Waals surface area contributed by atoms with Crippen molar-refractivity contribution in [3.05, 3.63) is 0 Å². The fourth-order valence-electron chi connectivity index (χ4n) is 1.33. The summed E-state index contributed by atoms with van der Waals surface area (Å²) in [7, 11) is -0.950. The Morgan fingerprint density at radius 3 is 1.88 bits per heavy atom. The molecule has 0 aromatic rings. The molecule has 0 aromatic carbocycles. The molecule has 100 valence electrons. The lowest BCUT2D eigenvalue weighted by atomic mass is 10.1. The Bertz CT molecular complexity index is 343. The molecule has 6 nitrogen and oxygen atoms in total. The second kappa shape index (κ2) is 7.26. The van der Waals surface area contributed by atoms with Gasteiger partial charge in [0.25, 0.3) is 0 Å². The predicted molar refractivity (Wildman–Crippen MR) is 61.1 cm³/mol. The van der Waals surface area contributed by atoms with Crippen molar-refractivity contribution in [2.75, 3.05) is 25.7 Å². The molecule has 7 heteroatoms. The first-order valence-corrected chi connectivity index (χ1v) is 7.06. The van der Waals surface area contributed by atoms with Crippen LogP contribution in [-0.2, 0) is 28.9 Å². The molecule has 0 heterocycles. The van der Waals surface area contributed by atoms with Crippen molar-refractivity contribution in [1.29, 1.82) is 0 Å². The Kier molecular flexibility index (Phi) is 6.79. The highest BCUT2D eigenvalue weighted by atomic mass is 32.2.